The van der Waals surface area contributed by atoms with Crippen LogP contribution in [0.1, 0.15) is 65.9 Å². The standard InChI is InChI=1S/C18H25NO4/c1-3-4-7-16(21)17-12(6-5-8-20)14-10-13(18(22)23)11(2)9-15(14)19-17/h9-10,16,19-21H,3-8H2,1-2H3,(H,22,23). The second-order valence-electron chi connectivity index (χ2n) is 6.02. The second kappa shape index (κ2) is 7.62. The molecule has 0 fully saturated rings. The van der Waals surface area contributed by atoms with E-state index < -0.39 is 12.1 Å². The van der Waals surface area contributed by atoms with Crippen molar-refractivity contribution in [3.63, 3.8) is 0 Å². The molecule has 0 aliphatic heterocycles. The van der Waals surface area contributed by atoms with Gasteiger partial charge in [-0.25, -0.2) is 4.79 Å². The predicted molar refractivity (Wildman–Crippen MR) is 89.9 cm³/mol. The van der Waals surface area contributed by atoms with Crippen LogP contribution in [0, 0.1) is 6.92 Å². The molecule has 5 heteroatoms. The van der Waals surface area contributed by atoms with Crippen molar-refractivity contribution in [2.75, 3.05) is 6.61 Å². The summed E-state index contributed by atoms with van der Waals surface area (Å²) in [6.45, 7) is 3.91. The molecule has 1 aromatic carbocycles. The van der Waals surface area contributed by atoms with Crippen LogP contribution >= 0.6 is 0 Å². The molecule has 0 bridgehead atoms. The van der Waals surface area contributed by atoms with Gasteiger partial charge in [0, 0.05) is 23.2 Å². The van der Waals surface area contributed by atoms with E-state index in [2.05, 4.69) is 11.9 Å². The Balaban J connectivity index is 2.54. The smallest absolute Gasteiger partial charge is 0.335 e. The Morgan fingerprint density at radius 2 is 2.04 bits per heavy atom. The lowest BCUT2D eigenvalue weighted by Gasteiger charge is -2.11. The lowest BCUT2D eigenvalue weighted by Crippen LogP contribution is -2.03. The number of benzene rings is 1. The molecule has 0 aliphatic rings. The first-order valence-electron chi connectivity index (χ1n) is 8.16. The van der Waals surface area contributed by atoms with E-state index in [0.29, 0.717) is 24.8 Å². The van der Waals surface area contributed by atoms with Crippen LogP contribution in [0.3, 0.4) is 0 Å². The lowest BCUT2D eigenvalue weighted by molar-refractivity contribution is 0.0696. The van der Waals surface area contributed by atoms with Crippen molar-refractivity contribution < 1.29 is 20.1 Å². The number of rotatable bonds is 8. The van der Waals surface area contributed by atoms with Crippen LogP contribution in [-0.4, -0.2) is 32.9 Å². The van der Waals surface area contributed by atoms with Gasteiger partial charge in [-0.05, 0) is 49.4 Å². The second-order valence-corrected chi connectivity index (χ2v) is 6.02. The van der Waals surface area contributed by atoms with Crippen LogP contribution in [0.4, 0.5) is 0 Å². The summed E-state index contributed by atoms with van der Waals surface area (Å²) >= 11 is 0. The fraction of sp³-hybridized carbons (Fsp3) is 0.500. The third-order valence-corrected chi connectivity index (χ3v) is 4.26. The van der Waals surface area contributed by atoms with Gasteiger partial charge in [-0.1, -0.05) is 19.8 Å². The molecule has 0 saturated carbocycles. The molecule has 4 N–H and O–H groups in total. The van der Waals surface area contributed by atoms with E-state index in [1.54, 1.807) is 13.0 Å². The summed E-state index contributed by atoms with van der Waals surface area (Å²) in [5.74, 6) is -0.952. The van der Waals surface area contributed by atoms with Crippen molar-refractivity contribution in [2.24, 2.45) is 0 Å². The molecule has 0 spiro atoms. The zero-order valence-electron chi connectivity index (χ0n) is 13.7. The van der Waals surface area contributed by atoms with Gasteiger partial charge in [-0.2, -0.15) is 0 Å². The highest BCUT2D eigenvalue weighted by Crippen LogP contribution is 2.32. The van der Waals surface area contributed by atoms with Crippen molar-refractivity contribution in [3.8, 4) is 0 Å². The molecule has 1 unspecified atom stereocenters. The summed E-state index contributed by atoms with van der Waals surface area (Å²) in [4.78, 5) is 14.6. The molecular formula is C18H25NO4. The molecule has 0 aliphatic carbocycles. The fourth-order valence-electron chi connectivity index (χ4n) is 3.01. The molecule has 0 radical (unpaired) electrons. The van der Waals surface area contributed by atoms with Crippen LogP contribution in [0.5, 0.6) is 0 Å². The SMILES string of the molecule is CCCCC(O)c1[nH]c2cc(C)c(C(=O)O)cc2c1CCCO. The number of aliphatic hydroxyl groups excluding tert-OH is 2. The van der Waals surface area contributed by atoms with Crippen LogP contribution in [0.15, 0.2) is 12.1 Å². The van der Waals surface area contributed by atoms with Crippen molar-refractivity contribution in [2.45, 2.75) is 52.1 Å². The Bertz CT molecular complexity index is 690. The number of carboxylic acids is 1. The van der Waals surface area contributed by atoms with Gasteiger partial charge >= 0.3 is 5.97 Å². The first-order chi connectivity index (χ1) is 11.0. The van der Waals surface area contributed by atoms with Crippen LogP contribution in [-0.2, 0) is 6.42 Å². The van der Waals surface area contributed by atoms with Crippen LogP contribution in [0.2, 0.25) is 0 Å². The Morgan fingerprint density at radius 3 is 2.65 bits per heavy atom. The molecule has 5 nitrogen and oxygen atoms in total. The number of aryl methyl sites for hydroxylation is 2. The van der Waals surface area contributed by atoms with Crippen molar-refractivity contribution in [3.05, 3.63) is 34.5 Å². The van der Waals surface area contributed by atoms with Gasteiger partial charge in [-0.3, -0.25) is 0 Å². The highest BCUT2D eigenvalue weighted by molar-refractivity contribution is 5.96. The van der Waals surface area contributed by atoms with E-state index in [4.69, 9.17) is 5.11 Å². The van der Waals surface area contributed by atoms with E-state index in [0.717, 1.165) is 35.0 Å². The van der Waals surface area contributed by atoms with E-state index >= 15 is 0 Å². The summed E-state index contributed by atoms with van der Waals surface area (Å²) in [6, 6.07) is 3.49. The topological polar surface area (TPSA) is 93.5 Å². The maximum atomic E-state index is 11.4. The van der Waals surface area contributed by atoms with Crippen molar-refractivity contribution >= 4 is 16.9 Å². The summed E-state index contributed by atoms with van der Waals surface area (Å²) in [5, 5.41) is 29.7. The zero-order chi connectivity index (χ0) is 17.0. The molecule has 2 rings (SSSR count). The molecule has 1 aromatic heterocycles. The summed E-state index contributed by atoms with van der Waals surface area (Å²) in [7, 11) is 0. The van der Waals surface area contributed by atoms with Crippen LogP contribution < -0.4 is 0 Å². The van der Waals surface area contributed by atoms with Gasteiger partial charge in [0.15, 0.2) is 0 Å². The Morgan fingerprint density at radius 1 is 1.30 bits per heavy atom. The van der Waals surface area contributed by atoms with E-state index in [1.165, 1.54) is 0 Å². The Kier molecular flexibility index (Phi) is 5.80. The predicted octanol–water partition coefficient (Wildman–Crippen LogP) is 3.32. The number of hydrogen-bond acceptors (Lipinski definition) is 3. The first kappa shape index (κ1) is 17.5. The minimum Gasteiger partial charge on any atom is -0.478 e. The number of fused-ring (bicyclic) bond motifs is 1. The molecule has 2 aromatic rings. The molecule has 0 amide bonds. The molecule has 1 atom stereocenters. The number of aromatic amines is 1. The number of aromatic carboxylic acids is 1. The van der Waals surface area contributed by atoms with E-state index in [9.17, 15) is 15.0 Å². The normalized spacial score (nSPS) is 12.7. The van der Waals surface area contributed by atoms with E-state index in [1.807, 2.05) is 6.07 Å². The summed E-state index contributed by atoms with van der Waals surface area (Å²) in [6.07, 6.45) is 3.19. The van der Waals surface area contributed by atoms with Crippen LogP contribution in [0.25, 0.3) is 10.9 Å². The Labute approximate surface area is 136 Å². The summed E-state index contributed by atoms with van der Waals surface area (Å²) < 4.78 is 0. The third-order valence-electron chi connectivity index (χ3n) is 4.26. The highest BCUT2D eigenvalue weighted by Gasteiger charge is 2.20. The number of carboxylic acid groups (broad SMARTS) is 1. The maximum Gasteiger partial charge on any atom is 0.335 e. The quantitative estimate of drug-likeness (QED) is 0.600. The minimum atomic E-state index is -0.952. The number of nitrogens with one attached hydrogen (secondary N) is 1. The minimum absolute atomic E-state index is 0.0643. The van der Waals surface area contributed by atoms with Crippen molar-refractivity contribution in [1.29, 1.82) is 0 Å². The number of carbonyl (C=O) groups is 1. The monoisotopic (exact) mass is 319 g/mol. The van der Waals surface area contributed by atoms with Gasteiger partial charge in [-0.15, -0.1) is 0 Å². The number of H-pyrrole nitrogens is 1. The van der Waals surface area contributed by atoms with Crippen molar-refractivity contribution in [1.82, 2.24) is 4.98 Å². The number of aliphatic hydroxyl groups is 2. The third kappa shape index (κ3) is 3.74. The van der Waals surface area contributed by atoms with Gasteiger partial charge in [0.05, 0.1) is 11.7 Å². The molecule has 23 heavy (non-hydrogen) atoms. The number of hydrogen-bond donors (Lipinski definition) is 4. The largest absolute Gasteiger partial charge is 0.478 e. The fourth-order valence-corrected chi connectivity index (χ4v) is 3.01. The molecule has 0 saturated heterocycles. The van der Waals surface area contributed by atoms with Gasteiger partial charge in [0.1, 0.15) is 0 Å². The highest BCUT2D eigenvalue weighted by atomic mass is 16.4. The Hall–Kier alpha value is -1.85. The molecule has 126 valence electrons. The van der Waals surface area contributed by atoms with E-state index in [-0.39, 0.29) is 12.2 Å². The van der Waals surface area contributed by atoms with Gasteiger partial charge < -0.3 is 20.3 Å². The average molecular weight is 319 g/mol. The molecular weight excluding hydrogens is 294 g/mol. The first-order valence-corrected chi connectivity index (χ1v) is 8.16. The van der Waals surface area contributed by atoms with Gasteiger partial charge in [0.25, 0.3) is 0 Å². The molecule has 1 heterocycles. The maximum absolute atomic E-state index is 11.4. The zero-order valence-corrected chi connectivity index (χ0v) is 13.7. The number of unbranched alkanes of at least 4 members (excludes halogenated alkanes) is 1. The lowest BCUT2D eigenvalue weighted by atomic mass is 9.98. The average Bonchev–Trinajstić information content (AvgIpc) is 2.86. The number of aromatic nitrogens is 1. The van der Waals surface area contributed by atoms with Gasteiger partial charge in [0.2, 0.25) is 0 Å². The summed E-state index contributed by atoms with van der Waals surface area (Å²) in [5.41, 5.74) is 3.47.